The van der Waals surface area contributed by atoms with Crippen LogP contribution in [0.5, 0.6) is 0 Å². The lowest BCUT2D eigenvalue weighted by Crippen LogP contribution is -2.44. The molecular formula is C14H17N3O2. The molecule has 1 N–H and O–H groups in total. The van der Waals surface area contributed by atoms with Gasteiger partial charge < -0.3 is 10.1 Å². The molecular weight excluding hydrogens is 242 g/mol. The van der Waals surface area contributed by atoms with Crippen molar-refractivity contribution in [2.75, 3.05) is 19.7 Å². The molecule has 5 nitrogen and oxygen atoms in total. The van der Waals surface area contributed by atoms with Gasteiger partial charge in [0.2, 0.25) is 0 Å². The number of esters is 1. The summed E-state index contributed by atoms with van der Waals surface area (Å²) < 4.78 is 6.99. The first-order chi connectivity index (χ1) is 9.29. The molecule has 1 aromatic carbocycles. The molecule has 3 rings (SSSR count). The second kappa shape index (κ2) is 5.01. The van der Waals surface area contributed by atoms with Gasteiger partial charge in [-0.3, -0.25) is 4.68 Å². The van der Waals surface area contributed by atoms with Gasteiger partial charge in [-0.25, -0.2) is 4.79 Å². The number of carbonyl (C=O) groups excluding carboxylic acids is 1. The van der Waals surface area contributed by atoms with E-state index in [2.05, 4.69) is 10.4 Å². The zero-order valence-electron chi connectivity index (χ0n) is 10.9. The fraction of sp³-hybridized carbons (Fsp3) is 0.429. The molecule has 19 heavy (non-hydrogen) atoms. The van der Waals surface area contributed by atoms with E-state index in [4.69, 9.17) is 4.74 Å². The highest BCUT2D eigenvalue weighted by molar-refractivity contribution is 6.02. The molecule has 5 heteroatoms. The van der Waals surface area contributed by atoms with Crippen LogP contribution in [0.3, 0.4) is 0 Å². The van der Waals surface area contributed by atoms with Gasteiger partial charge in [0.1, 0.15) is 0 Å². The van der Waals surface area contributed by atoms with Gasteiger partial charge in [-0.15, -0.1) is 0 Å². The number of benzene rings is 1. The van der Waals surface area contributed by atoms with Crippen LogP contribution in [0.1, 0.15) is 17.4 Å². The first kappa shape index (κ1) is 12.2. The highest BCUT2D eigenvalue weighted by Crippen LogP contribution is 2.21. The highest BCUT2D eigenvalue weighted by Gasteiger charge is 2.22. The van der Waals surface area contributed by atoms with Crippen molar-refractivity contribution in [3.63, 3.8) is 0 Å². The Morgan fingerprint density at radius 2 is 2.26 bits per heavy atom. The van der Waals surface area contributed by atoms with E-state index in [9.17, 15) is 4.79 Å². The average molecular weight is 259 g/mol. The molecule has 0 saturated carbocycles. The first-order valence-electron chi connectivity index (χ1n) is 6.63. The van der Waals surface area contributed by atoms with Gasteiger partial charge in [0.15, 0.2) is 5.69 Å². The smallest absolute Gasteiger partial charge is 0.359 e. The van der Waals surface area contributed by atoms with Crippen LogP contribution in [0.2, 0.25) is 0 Å². The number of aromatic nitrogens is 2. The van der Waals surface area contributed by atoms with Crippen molar-refractivity contribution in [3.8, 4) is 0 Å². The summed E-state index contributed by atoms with van der Waals surface area (Å²) in [7, 11) is 0. The van der Waals surface area contributed by atoms with E-state index in [1.807, 2.05) is 28.9 Å². The van der Waals surface area contributed by atoms with Crippen LogP contribution in [0.4, 0.5) is 0 Å². The minimum Gasteiger partial charge on any atom is -0.461 e. The molecule has 2 heterocycles. The number of nitrogens with zero attached hydrogens (tertiary/aromatic N) is 2. The van der Waals surface area contributed by atoms with Crippen molar-refractivity contribution < 1.29 is 9.53 Å². The maximum Gasteiger partial charge on any atom is 0.359 e. The Balaban J connectivity index is 1.99. The highest BCUT2D eigenvalue weighted by atomic mass is 16.5. The minimum atomic E-state index is -0.343. The Morgan fingerprint density at radius 3 is 2.95 bits per heavy atom. The number of fused-ring (bicyclic) bond motifs is 1. The molecule has 1 saturated heterocycles. The van der Waals surface area contributed by atoms with E-state index in [0.717, 1.165) is 30.5 Å². The van der Waals surface area contributed by atoms with Gasteiger partial charge in [0.05, 0.1) is 12.1 Å². The molecule has 0 aliphatic carbocycles. The summed E-state index contributed by atoms with van der Waals surface area (Å²) in [6, 6.07) is 7.80. The molecule has 1 fully saturated rings. The normalized spacial score (nSPS) is 15.4. The third kappa shape index (κ3) is 2.21. The summed E-state index contributed by atoms with van der Waals surface area (Å²) in [6.45, 7) is 5.04. The third-order valence-electron chi connectivity index (χ3n) is 3.42. The predicted molar refractivity (Wildman–Crippen MR) is 72.0 cm³/mol. The number of carbonyl (C=O) groups is 1. The van der Waals surface area contributed by atoms with Crippen molar-refractivity contribution in [2.24, 2.45) is 5.92 Å². The summed E-state index contributed by atoms with van der Waals surface area (Å²) in [4.78, 5) is 11.9. The quantitative estimate of drug-likeness (QED) is 0.844. The molecule has 1 aliphatic rings. The molecule has 2 aromatic rings. The molecule has 100 valence electrons. The SMILES string of the molecule is CCOC(=O)c1nn(CC2CNC2)c2ccccc12. The number of hydrogen-bond acceptors (Lipinski definition) is 4. The van der Waals surface area contributed by atoms with Crippen LogP contribution >= 0.6 is 0 Å². The van der Waals surface area contributed by atoms with Crippen molar-refractivity contribution in [1.29, 1.82) is 0 Å². The summed E-state index contributed by atoms with van der Waals surface area (Å²) in [5.41, 5.74) is 1.42. The van der Waals surface area contributed by atoms with E-state index in [0.29, 0.717) is 18.2 Å². The van der Waals surface area contributed by atoms with E-state index < -0.39 is 0 Å². The molecule has 1 aromatic heterocycles. The molecule has 0 radical (unpaired) electrons. The van der Waals surface area contributed by atoms with Gasteiger partial charge in [0.25, 0.3) is 0 Å². The topological polar surface area (TPSA) is 56.1 Å². The van der Waals surface area contributed by atoms with E-state index >= 15 is 0 Å². The third-order valence-corrected chi connectivity index (χ3v) is 3.42. The predicted octanol–water partition coefficient (Wildman–Crippen LogP) is 1.43. The van der Waals surface area contributed by atoms with Crippen molar-refractivity contribution in [2.45, 2.75) is 13.5 Å². The number of nitrogens with one attached hydrogen (secondary N) is 1. The minimum absolute atomic E-state index is 0.343. The number of hydrogen-bond donors (Lipinski definition) is 1. The van der Waals surface area contributed by atoms with Gasteiger partial charge in [0, 0.05) is 30.9 Å². The Morgan fingerprint density at radius 1 is 1.47 bits per heavy atom. The second-order valence-electron chi connectivity index (χ2n) is 4.79. The van der Waals surface area contributed by atoms with Crippen molar-refractivity contribution >= 4 is 16.9 Å². The average Bonchev–Trinajstić information content (AvgIpc) is 2.73. The van der Waals surface area contributed by atoms with Crippen LogP contribution in [0, 0.1) is 5.92 Å². The Hall–Kier alpha value is -1.88. The number of para-hydroxylation sites is 1. The largest absolute Gasteiger partial charge is 0.461 e. The van der Waals surface area contributed by atoms with E-state index in [-0.39, 0.29) is 5.97 Å². The van der Waals surface area contributed by atoms with Crippen LogP contribution in [0.25, 0.3) is 10.9 Å². The zero-order valence-corrected chi connectivity index (χ0v) is 10.9. The molecule has 0 amide bonds. The van der Waals surface area contributed by atoms with Crippen LogP contribution < -0.4 is 5.32 Å². The molecule has 0 spiro atoms. The standard InChI is InChI=1S/C14H17N3O2/c1-2-19-14(18)13-11-5-3-4-6-12(11)17(16-13)9-10-7-15-8-10/h3-6,10,15H,2,7-9H2,1H3. The van der Waals surface area contributed by atoms with Gasteiger partial charge in [-0.2, -0.15) is 5.10 Å². The zero-order chi connectivity index (χ0) is 13.2. The lowest BCUT2D eigenvalue weighted by atomic mass is 10.0. The monoisotopic (exact) mass is 259 g/mol. The van der Waals surface area contributed by atoms with Gasteiger partial charge in [-0.1, -0.05) is 18.2 Å². The fourth-order valence-corrected chi connectivity index (χ4v) is 2.34. The van der Waals surface area contributed by atoms with Gasteiger partial charge in [-0.05, 0) is 13.0 Å². The fourth-order valence-electron chi connectivity index (χ4n) is 2.34. The summed E-state index contributed by atoms with van der Waals surface area (Å²) >= 11 is 0. The van der Waals surface area contributed by atoms with Crippen LogP contribution in [-0.2, 0) is 11.3 Å². The van der Waals surface area contributed by atoms with Crippen LogP contribution in [0.15, 0.2) is 24.3 Å². The first-order valence-corrected chi connectivity index (χ1v) is 6.63. The summed E-state index contributed by atoms with van der Waals surface area (Å²) in [5.74, 6) is 0.252. The Kier molecular flexibility index (Phi) is 3.21. The maximum absolute atomic E-state index is 11.9. The lowest BCUT2D eigenvalue weighted by molar-refractivity contribution is 0.0520. The second-order valence-corrected chi connectivity index (χ2v) is 4.79. The molecule has 0 unspecified atom stereocenters. The van der Waals surface area contributed by atoms with Crippen molar-refractivity contribution in [3.05, 3.63) is 30.0 Å². The van der Waals surface area contributed by atoms with E-state index in [1.165, 1.54) is 0 Å². The number of rotatable bonds is 4. The Labute approximate surface area is 111 Å². The molecule has 0 bridgehead atoms. The maximum atomic E-state index is 11.9. The van der Waals surface area contributed by atoms with E-state index in [1.54, 1.807) is 6.92 Å². The van der Waals surface area contributed by atoms with Gasteiger partial charge >= 0.3 is 5.97 Å². The summed E-state index contributed by atoms with van der Waals surface area (Å²) in [6.07, 6.45) is 0. The number of ether oxygens (including phenoxy) is 1. The van der Waals surface area contributed by atoms with Crippen molar-refractivity contribution in [1.82, 2.24) is 15.1 Å². The summed E-state index contributed by atoms with van der Waals surface area (Å²) in [5, 5.41) is 8.56. The van der Waals surface area contributed by atoms with Crippen LogP contribution in [-0.4, -0.2) is 35.4 Å². The molecule has 0 atom stereocenters. The lowest BCUT2D eigenvalue weighted by Gasteiger charge is -2.27. The molecule has 1 aliphatic heterocycles. The Bertz CT molecular complexity index is 602.